The highest BCUT2D eigenvalue weighted by Crippen LogP contribution is 2.69. The summed E-state index contributed by atoms with van der Waals surface area (Å²) >= 11 is 0. The number of rotatable bonds is 2. The molecule has 4 bridgehead atoms. The quantitative estimate of drug-likeness (QED) is 0.755. The summed E-state index contributed by atoms with van der Waals surface area (Å²) in [6.07, 6.45) is 9.63. The van der Waals surface area contributed by atoms with Crippen molar-refractivity contribution in [1.82, 2.24) is 0 Å². The van der Waals surface area contributed by atoms with Crippen molar-refractivity contribution in [3.8, 4) is 0 Å². The molecule has 0 aliphatic heterocycles. The Morgan fingerprint density at radius 2 is 1.81 bits per heavy atom. The van der Waals surface area contributed by atoms with E-state index in [1.54, 1.807) is 0 Å². The van der Waals surface area contributed by atoms with Crippen molar-refractivity contribution in [3.05, 3.63) is 0 Å². The molecule has 4 atom stereocenters. The van der Waals surface area contributed by atoms with Crippen molar-refractivity contribution < 1.29 is 0 Å². The van der Waals surface area contributed by atoms with Gasteiger partial charge in [-0.1, -0.05) is 20.8 Å². The van der Waals surface area contributed by atoms with Crippen LogP contribution in [0.4, 0.5) is 0 Å². The molecule has 2 N–H and O–H groups in total. The normalized spacial score (nSPS) is 53.2. The van der Waals surface area contributed by atoms with E-state index in [-0.39, 0.29) is 5.54 Å². The van der Waals surface area contributed by atoms with Gasteiger partial charge < -0.3 is 5.73 Å². The van der Waals surface area contributed by atoms with Gasteiger partial charge in [-0.15, -0.1) is 0 Å². The molecule has 4 saturated carbocycles. The van der Waals surface area contributed by atoms with E-state index in [0.717, 1.165) is 11.8 Å². The molecule has 0 radical (unpaired) electrons. The van der Waals surface area contributed by atoms with Gasteiger partial charge in [-0.25, -0.2) is 0 Å². The molecule has 92 valence electrons. The van der Waals surface area contributed by atoms with Crippen LogP contribution in [0.1, 0.15) is 65.7 Å². The Bertz CT molecular complexity index is 307. The Morgan fingerprint density at radius 1 is 1.12 bits per heavy atom. The molecule has 0 aromatic heterocycles. The summed E-state index contributed by atoms with van der Waals surface area (Å²) in [5, 5.41) is 0. The van der Waals surface area contributed by atoms with Crippen molar-refractivity contribution in [2.45, 2.75) is 71.3 Å². The van der Waals surface area contributed by atoms with Crippen LogP contribution in [0.3, 0.4) is 0 Å². The molecular weight excluding hydrogens is 194 g/mol. The summed E-state index contributed by atoms with van der Waals surface area (Å²) in [6.45, 7) is 7.26. The second-order valence-electron chi connectivity index (χ2n) is 7.42. The fourth-order valence-electron chi connectivity index (χ4n) is 6.33. The smallest absolute Gasteiger partial charge is 0.0221 e. The molecular formula is C15H27N. The van der Waals surface area contributed by atoms with Crippen LogP contribution < -0.4 is 5.73 Å². The zero-order valence-corrected chi connectivity index (χ0v) is 11.2. The molecule has 16 heavy (non-hydrogen) atoms. The maximum absolute atomic E-state index is 6.91. The maximum Gasteiger partial charge on any atom is 0.0221 e. The van der Waals surface area contributed by atoms with Gasteiger partial charge in [-0.2, -0.15) is 0 Å². The van der Waals surface area contributed by atoms with Crippen molar-refractivity contribution in [2.24, 2.45) is 28.4 Å². The summed E-state index contributed by atoms with van der Waals surface area (Å²) in [5.74, 6) is 1.88. The third-order valence-electron chi connectivity index (χ3n) is 6.57. The van der Waals surface area contributed by atoms with E-state index in [4.69, 9.17) is 5.73 Å². The minimum absolute atomic E-state index is 0.176. The summed E-state index contributed by atoms with van der Waals surface area (Å²) < 4.78 is 0. The molecule has 0 amide bonds. The van der Waals surface area contributed by atoms with E-state index >= 15 is 0 Å². The first kappa shape index (κ1) is 11.1. The summed E-state index contributed by atoms with van der Waals surface area (Å²) in [4.78, 5) is 0. The Morgan fingerprint density at radius 3 is 2.31 bits per heavy atom. The summed E-state index contributed by atoms with van der Waals surface area (Å²) in [5.41, 5.74) is 8.15. The molecule has 1 heteroatoms. The highest BCUT2D eigenvalue weighted by molar-refractivity contribution is 5.18. The molecule has 0 aromatic rings. The van der Waals surface area contributed by atoms with Crippen molar-refractivity contribution in [3.63, 3.8) is 0 Å². The van der Waals surface area contributed by atoms with Gasteiger partial charge in [0, 0.05) is 5.54 Å². The van der Waals surface area contributed by atoms with E-state index in [0.29, 0.717) is 10.8 Å². The van der Waals surface area contributed by atoms with Gasteiger partial charge in [0.2, 0.25) is 0 Å². The van der Waals surface area contributed by atoms with Crippen LogP contribution in [-0.2, 0) is 0 Å². The van der Waals surface area contributed by atoms with Gasteiger partial charge >= 0.3 is 0 Å². The van der Waals surface area contributed by atoms with E-state index < -0.39 is 0 Å². The lowest BCUT2D eigenvalue weighted by atomic mass is 9.37. The molecule has 0 saturated heterocycles. The average molecular weight is 221 g/mol. The summed E-state index contributed by atoms with van der Waals surface area (Å²) in [6, 6.07) is 0. The van der Waals surface area contributed by atoms with Crippen LogP contribution in [0.25, 0.3) is 0 Å². The van der Waals surface area contributed by atoms with Gasteiger partial charge in [-0.3, -0.25) is 0 Å². The van der Waals surface area contributed by atoms with Crippen LogP contribution in [0.5, 0.6) is 0 Å². The number of hydrogen-bond acceptors (Lipinski definition) is 1. The first-order valence-corrected chi connectivity index (χ1v) is 7.26. The Balaban J connectivity index is 2.05. The predicted molar refractivity (Wildman–Crippen MR) is 68.1 cm³/mol. The summed E-state index contributed by atoms with van der Waals surface area (Å²) in [7, 11) is 0. The SMILES string of the molecule is CCC1(CC)C2CC3CC(C)(C2)CC1(N)C3. The topological polar surface area (TPSA) is 26.0 Å². The molecule has 4 unspecified atom stereocenters. The van der Waals surface area contributed by atoms with Crippen molar-refractivity contribution in [1.29, 1.82) is 0 Å². The molecule has 4 aliphatic carbocycles. The third kappa shape index (κ3) is 1.11. The molecule has 4 aliphatic rings. The maximum atomic E-state index is 6.91. The Kier molecular flexibility index (Phi) is 2.11. The second kappa shape index (κ2) is 3.04. The standard InChI is InChI=1S/C15H27N/c1-4-14(5-2)12-6-11-7-13(3,9-12)10-15(14,16)8-11/h11-12H,4-10,16H2,1-3H3. The lowest BCUT2D eigenvalue weighted by Gasteiger charge is -2.69. The largest absolute Gasteiger partial charge is 0.325 e. The molecule has 4 fully saturated rings. The minimum Gasteiger partial charge on any atom is -0.325 e. The third-order valence-corrected chi connectivity index (χ3v) is 6.57. The molecule has 1 nitrogen and oxygen atoms in total. The van der Waals surface area contributed by atoms with Gasteiger partial charge in [0.25, 0.3) is 0 Å². The van der Waals surface area contributed by atoms with Crippen molar-refractivity contribution in [2.75, 3.05) is 0 Å². The van der Waals surface area contributed by atoms with E-state index in [1.807, 2.05) is 0 Å². The Labute approximate surface area is 100 Å². The van der Waals surface area contributed by atoms with Gasteiger partial charge in [-0.05, 0) is 67.6 Å². The molecule has 0 heterocycles. The average Bonchev–Trinajstić information content (AvgIpc) is 2.15. The monoisotopic (exact) mass is 221 g/mol. The van der Waals surface area contributed by atoms with Crippen LogP contribution in [0.15, 0.2) is 0 Å². The van der Waals surface area contributed by atoms with Crippen LogP contribution >= 0.6 is 0 Å². The van der Waals surface area contributed by atoms with E-state index in [2.05, 4.69) is 20.8 Å². The fraction of sp³-hybridized carbons (Fsp3) is 1.00. The second-order valence-corrected chi connectivity index (χ2v) is 7.42. The number of nitrogens with two attached hydrogens (primary N) is 1. The van der Waals surface area contributed by atoms with E-state index in [9.17, 15) is 0 Å². The van der Waals surface area contributed by atoms with Gasteiger partial charge in [0.05, 0.1) is 0 Å². The molecule has 4 rings (SSSR count). The Hall–Kier alpha value is -0.0400. The van der Waals surface area contributed by atoms with Gasteiger partial charge in [0.1, 0.15) is 0 Å². The zero-order valence-electron chi connectivity index (χ0n) is 11.2. The lowest BCUT2D eigenvalue weighted by molar-refractivity contribution is -0.163. The van der Waals surface area contributed by atoms with Crippen LogP contribution in [-0.4, -0.2) is 5.54 Å². The minimum atomic E-state index is 0.176. The van der Waals surface area contributed by atoms with Crippen molar-refractivity contribution >= 4 is 0 Å². The van der Waals surface area contributed by atoms with Gasteiger partial charge in [0.15, 0.2) is 0 Å². The number of hydrogen-bond donors (Lipinski definition) is 1. The zero-order chi connectivity index (χ0) is 11.6. The first-order chi connectivity index (χ1) is 7.47. The van der Waals surface area contributed by atoms with Crippen LogP contribution in [0.2, 0.25) is 0 Å². The first-order valence-electron chi connectivity index (χ1n) is 7.26. The predicted octanol–water partition coefficient (Wildman–Crippen LogP) is 3.72. The highest BCUT2D eigenvalue weighted by atomic mass is 14.9. The highest BCUT2D eigenvalue weighted by Gasteiger charge is 2.65. The fourth-order valence-corrected chi connectivity index (χ4v) is 6.33. The molecule has 0 spiro atoms. The molecule has 0 aromatic carbocycles. The lowest BCUT2D eigenvalue weighted by Crippen LogP contribution is -2.70. The van der Waals surface area contributed by atoms with Crippen LogP contribution in [0, 0.1) is 22.7 Å². The van der Waals surface area contributed by atoms with E-state index in [1.165, 1.54) is 44.9 Å².